The highest BCUT2D eigenvalue weighted by Crippen LogP contribution is 2.24. The van der Waals surface area contributed by atoms with Crippen molar-refractivity contribution < 1.29 is 14.3 Å². The van der Waals surface area contributed by atoms with Crippen LogP contribution in [0.4, 0.5) is 0 Å². The molecule has 2 atom stereocenters. The lowest BCUT2D eigenvalue weighted by atomic mass is 10.1. The fraction of sp³-hybridized carbons (Fsp3) is 0.280. The molecule has 1 aliphatic rings. The van der Waals surface area contributed by atoms with Gasteiger partial charge in [-0.1, -0.05) is 29.8 Å². The average molecular weight is 444 g/mol. The van der Waals surface area contributed by atoms with Gasteiger partial charge < -0.3 is 14.4 Å². The number of fused-ring (bicyclic) bond motifs is 1. The number of carbonyl (C=O) groups excluding carboxylic acids is 1. The molecule has 1 saturated heterocycles. The molecule has 0 aliphatic carbocycles. The summed E-state index contributed by atoms with van der Waals surface area (Å²) in [5.74, 6) is 0.494. The molecular weight excluding hydrogens is 418 g/mol. The maximum atomic E-state index is 13.6. The number of morpholine rings is 1. The van der Waals surface area contributed by atoms with Crippen molar-refractivity contribution in [3.8, 4) is 11.6 Å². The number of amides is 1. The lowest BCUT2D eigenvalue weighted by Crippen LogP contribution is -2.52. The number of hydrogen-bond acceptors (Lipinski definition) is 6. The van der Waals surface area contributed by atoms with Crippen LogP contribution in [-0.2, 0) is 4.74 Å². The van der Waals surface area contributed by atoms with Gasteiger partial charge >= 0.3 is 0 Å². The van der Waals surface area contributed by atoms with Gasteiger partial charge in [0.2, 0.25) is 5.88 Å². The highest BCUT2D eigenvalue weighted by atomic mass is 16.5. The van der Waals surface area contributed by atoms with E-state index < -0.39 is 0 Å². The van der Waals surface area contributed by atoms with Crippen LogP contribution in [0.2, 0.25) is 0 Å². The molecule has 1 fully saturated rings. The lowest BCUT2D eigenvalue weighted by molar-refractivity contribution is -0.0630. The van der Waals surface area contributed by atoms with E-state index in [4.69, 9.17) is 9.47 Å². The summed E-state index contributed by atoms with van der Waals surface area (Å²) in [5, 5.41) is 10.4. The molecule has 33 heavy (non-hydrogen) atoms. The number of pyridine rings is 1. The molecule has 1 amide bonds. The van der Waals surface area contributed by atoms with Crippen molar-refractivity contribution >= 4 is 16.7 Å². The molecule has 5 rings (SSSR count). The van der Waals surface area contributed by atoms with E-state index in [0.29, 0.717) is 36.9 Å². The first kappa shape index (κ1) is 21.1. The van der Waals surface area contributed by atoms with Gasteiger partial charge in [-0.2, -0.15) is 15.0 Å². The molecule has 1 aliphatic heterocycles. The molecule has 0 radical (unpaired) electrons. The molecule has 4 aromatic rings. The normalized spacial score (nSPS) is 18.4. The monoisotopic (exact) mass is 443 g/mol. The van der Waals surface area contributed by atoms with Gasteiger partial charge in [0.05, 0.1) is 42.8 Å². The fourth-order valence-electron chi connectivity index (χ4n) is 4.07. The zero-order chi connectivity index (χ0) is 22.8. The first-order chi connectivity index (χ1) is 16.1. The van der Waals surface area contributed by atoms with Crippen LogP contribution >= 0.6 is 0 Å². The number of nitrogens with zero attached hydrogens (tertiary/aromatic N) is 5. The van der Waals surface area contributed by atoms with Crippen LogP contribution in [0.1, 0.15) is 22.8 Å². The van der Waals surface area contributed by atoms with E-state index >= 15 is 0 Å². The topological polar surface area (TPSA) is 82.4 Å². The number of aryl methyl sites for hydroxylation is 1. The fourth-order valence-corrected chi connectivity index (χ4v) is 4.07. The maximum absolute atomic E-state index is 13.6. The van der Waals surface area contributed by atoms with E-state index in [1.165, 1.54) is 4.80 Å². The average Bonchev–Trinajstić information content (AvgIpc) is 3.38. The summed E-state index contributed by atoms with van der Waals surface area (Å²) in [4.78, 5) is 21.3. The van der Waals surface area contributed by atoms with Crippen molar-refractivity contribution in [3.63, 3.8) is 0 Å². The summed E-state index contributed by atoms with van der Waals surface area (Å²) in [6, 6.07) is 15.6. The van der Waals surface area contributed by atoms with Crippen LogP contribution < -0.4 is 4.74 Å². The molecule has 0 bridgehead atoms. The SMILES string of the molecule is Cc1ccc(-n2nccn2)c(C(=O)N2CC(COc3nccc4ccccc34)OCC2C)c1. The highest BCUT2D eigenvalue weighted by Gasteiger charge is 2.32. The maximum Gasteiger partial charge on any atom is 0.256 e. The Balaban J connectivity index is 1.34. The van der Waals surface area contributed by atoms with Crippen LogP contribution in [0.25, 0.3) is 16.5 Å². The Morgan fingerprint density at radius 2 is 1.94 bits per heavy atom. The first-order valence-electron chi connectivity index (χ1n) is 11.0. The zero-order valence-electron chi connectivity index (χ0n) is 18.6. The van der Waals surface area contributed by atoms with Gasteiger partial charge in [-0.3, -0.25) is 4.79 Å². The van der Waals surface area contributed by atoms with Crippen LogP contribution in [0.3, 0.4) is 0 Å². The predicted molar refractivity (Wildman–Crippen MR) is 124 cm³/mol. The van der Waals surface area contributed by atoms with Gasteiger partial charge in [0.25, 0.3) is 5.91 Å². The van der Waals surface area contributed by atoms with E-state index in [1.807, 2.05) is 67.3 Å². The molecule has 0 N–H and O–H groups in total. The largest absolute Gasteiger partial charge is 0.474 e. The van der Waals surface area contributed by atoms with Crippen LogP contribution in [0, 0.1) is 6.92 Å². The Morgan fingerprint density at radius 1 is 1.12 bits per heavy atom. The minimum Gasteiger partial charge on any atom is -0.474 e. The minimum atomic E-state index is -0.262. The number of ether oxygens (including phenoxy) is 2. The third-order valence-electron chi connectivity index (χ3n) is 5.83. The molecule has 168 valence electrons. The van der Waals surface area contributed by atoms with E-state index in [9.17, 15) is 4.79 Å². The summed E-state index contributed by atoms with van der Waals surface area (Å²) in [7, 11) is 0. The zero-order valence-corrected chi connectivity index (χ0v) is 18.6. The number of aromatic nitrogens is 4. The number of benzene rings is 2. The molecule has 3 heterocycles. The Labute approximate surface area is 191 Å². The van der Waals surface area contributed by atoms with Crippen LogP contribution in [0.5, 0.6) is 5.88 Å². The Morgan fingerprint density at radius 3 is 2.79 bits per heavy atom. The van der Waals surface area contributed by atoms with Gasteiger partial charge in [-0.25, -0.2) is 4.98 Å². The minimum absolute atomic E-state index is 0.0663. The summed E-state index contributed by atoms with van der Waals surface area (Å²) < 4.78 is 12.0. The number of carbonyl (C=O) groups is 1. The second kappa shape index (κ2) is 8.99. The summed E-state index contributed by atoms with van der Waals surface area (Å²) >= 11 is 0. The summed E-state index contributed by atoms with van der Waals surface area (Å²) in [5.41, 5.74) is 2.22. The van der Waals surface area contributed by atoms with Crippen molar-refractivity contribution in [1.29, 1.82) is 0 Å². The molecular formula is C25H25N5O3. The smallest absolute Gasteiger partial charge is 0.256 e. The third kappa shape index (κ3) is 4.29. The van der Waals surface area contributed by atoms with Gasteiger partial charge in [0.15, 0.2) is 0 Å². The number of hydrogen-bond donors (Lipinski definition) is 0. The van der Waals surface area contributed by atoms with Crippen molar-refractivity contribution in [2.45, 2.75) is 26.0 Å². The van der Waals surface area contributed by atoms with Gasteiger partial charge in [-0.15, -0.1) is 0 Å². The molecule has 8 nitrogen and oxygen atoms in total. The predicted octanol–water partition coefficient (Wildman–Crippen LogP) is 3.43. The van der Waals surface area contributed by atoms with Crippen molar-refractivity contribution in [3.05, 3.63) is 78.2 Å². The molecule has 0 spiro atoms. The van der Waals surface area contributed by atoms with E-state index in [2.05, 4.69) is 15.2 Å². The second-order valence-electron chi connectivity index (χ2n) is 8.25. The van der Waals surface area contributed by atoms with Crippen molar-refractivity contribution in [2.24, 2.45) is 0 Å². The van der Waals surface area contributed by atoms with Crippen molar-refractivity contribution in [2.75, 3.05) is 19.8 Å². The van der Waals surface area contributed by atoms with Crippen LogP contribution in [-0.4, -0.2) is 62.7 Å². The molecule has 0 saturated carbocycles. The first-order valence-corrected chi connectivity index (χ1v) is 11.0. The molecule has 2 unspecified atom stereocenters. The standard InChI is InChI=1S/C25H25N5O3/c1-17-7-8-23(30-27-11-12-28-30)22(13-17)25(31)29-14-20(32-15-18(29)2)16-33-24-21-6-4-3-5-19(21)9-10-26-24/h3-13,18,20H,14-16H2,1-2H3. The second-order valence-corrected chi connectivity index (χ2v) is 8.25. The lowest BCUT2D eigenvalue weighted by Gasteiger charge is -2.38. The molecule has 2 aromatic carbocycles. The van der Waals surface area contributed by atoms with Gasteiger partial charge in [-0.05, 0) is 43.5 Å². The summed E-state index contributed by atoms with van der Waals surface area (Å²) in [6.45, 7) is 5.12. The van der Waals surface area contributed by atoms with E-state index in [-0.39, 0.29) is 18.1 Å². The molecule has 8 heteroatoms. The highest BCUT2D eigenvalue weighted by molar-refractivity contribution is 5.98. The van der Waals surface area contributed by atoms with E-state index in [1.54, 1.807) is 18.6 Å². The Bertz CT molecular complexity index is 1270. The Hall–Kier alpha value is -3.78. The van der Waals surface area contributed by atoms with Gasteiger partial charge in [0.1, 0.15) is 12.7 Å². The van der Waals surface area contributed by atoms with Crippen molar-refractivity contribution in [1.82, 2.24) is 24.9 Å². The summed E-state index contributed by atoms with van der Waals surface area (Å²) in [6.07, 6.45) is 4.67. The number of rotatable bonds is 5. The van der Waals surface area contributed by atoms with E-state index in [0.717, 1.165) is 16.3 Å². The van der Waals surface area contributed by atoms with Crippen LogP contribution in [0.15, 0.2) is 67.1 Å². The molecule has 2 aromatic heterocycles. The quantitative estimate of drug-likeness (QED) is 0.470. The Kier molecular flexibility index (Phi) is 5.75. The third-order valence-corrected chi connectivity index (χ3v) is 5.83. The van der Waals surface area contributed by atoms with Gasteiger partial charge in [0, 0.05) is 11.6 Å².